The molecule has 4 heterocycles. The van der Waals surface area contributed by atoms with Crippen molar-refractivity contribution in [3.8, 4) is 0 Å². The Bertz CT molecular complexity index is 1160. The van der Waals surface area contributed by atoms with Crippen LogP contribution in [0, 0.1) is 13.8 Å². The average molecular weight is 398 g/mol. The topological polar surface area (TPSA) is 65.6 Å². The molecule has 0 fully saturated rings. The molecule has 0 aliphatic heterocycles. The van der Waals surface area contributed by atoms with E-state index >= 15 is 0 Å². The second-order valence-corrected chi connectivity index (χ2v) is 8.46. The lowest BCUT2D eigenvalue weighted by Gasteiger charge is -2.12. The summed E-state index contributed by atoms with van der Waals surface area (Å²) in [5.74, 6) is 1.59. The molecule has 0 aliphatic rings. The van der Waals surface area contributed by atoms with Crippen molar-refractivity contribution >= 4 is 33.3 Å². The zero-order valence-corrected chi connectivity index (χ0v) is 17.0. The molecule has 0 saturated heterocycles. The van der Waals surface area contributed by atoms with Crippen molar-refractivity contribution in [1.29, 1.82) is 0 Å². The molecular weight excluding hydrogens is 378 g/mol. The van der Waals surface area contributed by atoms with Crippen LogP contribution in [0.25, 0.3) is 10.2 Å². The van der Waals surface area contributed by atoms with Crippen molar-refractivity contribution in [3.63, 3.8) is 0 Å². The summed E-state index contributed by atoms with van der Waals surface area (Å²) >= 11 is 3.10. The normalized spacial score (nSPS) is 11.4. The second kappa shape index (κ2) is 7.28. The number of pyridine rings is 1. The van der Waals surface area contributed by atoms with E-state index in [-0.39, 0.29) is 5.56 Å². The lowest BCUT2D eigenvalue weighted by atomic mass is 10.2. The monoisotopic (exact) mass is 397 g/mol. The third-order valence-corrected chi connectivity index (χ3v) is 6.62. The summed E-state index contributed by atoms with van der Waals surface area (Å²) < 4.78 is 3.71. The van der Waals surface area contributed by atoms with Gasteiger partial charge < -0.3 is 4.57 Å². The maximum absolute atomic E-state index is 13.3. The van der Waals surface area contributed by atoms with Crippen molar-refractivity contribution < 1.29 is 0 Å². The van der Waals surface area contributed by atoms with Gasteiger partial charge in [-0.1, -0.05) is 17.8 Å². The van der Waals surface area contributed by atoms with Gasteiger partial charge in [-0.05, 0) is 31.5 Å². The van der Waals surface area contributed by atoms with E-state index in [2.05, 4.69) is 9.97 Å². The van der Waals surface area contributed by atoms with E-state index in [1.807, 2.05) is 49.9 Å². The predicted octanol–water partition coefficient (Wildman–Crippen LogP) is 3.54. The molecule has 0 spiro atoms. The fourth-order valence-electron chi connectivity index (χ4n) is 2.88. The van der Waals surface area contributed by atoms with Crippen molar-refractivity contribution in [2.24, 2.45) is 7.05 Å². The van der Waals surface area contributed by atoms with Gasteiger partial charge in [0, 0.05) is 30.5 Å². The maximum atomic E-state index is 13.3. The highest BCUT2D eigenvalue weighted by molar-refractivity contribution is 7.98. The number of thioether (sulfide) groups is 1. The molecule has 6 nitrogen and oxygen atoms in total. The SMILES string of the molecule is Cc1sc2nc(SCc3nccn3C)n(Cc3ccccn3)c(=O)c2c1C. The van der Waals surface area contributed by atoms with Gasteiger partial charge >= 0.3 is 0 Å². The minimum Gasteiger partial charge on any atom is -0.337 e. The summed E-state index contributed by atoms with van der Waals surface area (Å²) in [5, 5.41) is 1.41. The Labute approximate surface area is 164 Å². The maximum Gasteiger partial charge on any atom is 0.263 e. The molecule has 4 aromatic rings. The molecule has 0 atom stereocenters. The molecule has 0 bridgehead atoms. The smallest absolute Gasteiger partial charge is 0.263 e. The third-order valence-electron chi connectivity index (χ3n) is 4.55. The zero-order chi connectivity index (χ0) is 19.0. The van der Waals surface area contributed by atoms with Crippen LogP contribution in [0.4, 0.5) is 0 Å². The molecule has 4 aromatic heterocycles. The molecule has 0 radical (unpaired) electrons. The molecule has 0 saturated carbocycles. The van der Waals surface area contributed by atoms with Gasteiger partial charge in [-0.3, -0.25) is 14.3 Å². The van der Waals surface area contributed by atoms with E-state index in [0.29, 0.717) is 17.5 Å². The number of thiophene rings is 1. The van der Waals surface area contributed by atoms with Crippen molar-refractivity contribution in [2.75, 3.05) is 0 Å². The number of hydrogen-bond donors (Lipinski definition) is 0. The predicted molar refractivity (Wildman–Crippen MR) is 109 cm³/mol. The highest BCUT2D eigenvalue weighted by Crippen LogP contribution is 2.29. The summed E-state index contributed by atoms with van der Waals surface area (Å²) in [4.78, 5) is 28.8. The highest BCUT2D eigenvalue weighted by atomic mass is 32.2. The summed E-state index contributed by atoms with van der Waals surface area (Å²) in [6.45, 7) is 4.42. The van der Waals surface area contributed by atoms with E-state index in [1.165, 1.54) is 11.8 Å². The Kier molecular flexibility index (Phi) is 4.84. The van der Waals surface area contributed by atoms with E-state index in [9.17, 15) is 4.79 Å². The zero-order valence-electron chi connectivity index (χ0n) is 15.3. The van der Waals surface area contributed by atoms with Crippen LogP contribution >= 0.6 is 23.1 Å². The fraction of sp³-hybridized carbons (Fsp3) is 0.263. The molecular formula is C19H19N5OS2. The van der Waals surface area contributed by atoms with E-state index in [1.54, 1.807) is 28.3 Å². The van der Waals surface area contributed by atoms with Gasteiger partial charge in [0.15, 0.2) is 5.16 Å². The standard InChI is InChI=1S/C19H19N5OS2/c1-12-13(2)27-17-16(12)18(25)24(10-14-6-4-5-7-20-14)19(22-17)26-11-15-21-8-9-23(15)3/h4-9H,10-11H2,1-3H3. The Morgan fingerprint density at radius 3 is 2.74 bits per heavy atom. The Morgan fingerprint density at radius 2 is 2.04 bits per heavy atom. The van der Waals surface area contributed by atoms with Gasteiger partial charge in [-0.15, -0.1) is 11.3 Å². The van der Waals surface area contributed by atoms with Gasteiger partial charge in [0.2, 0.25) is 0 Å². The minimum atomic E-state index is -0.00477. The van der Waals surface area contributed by atoms with Gasteiger partial charge in [-0.2, -0.15) is 0 Å². The first kappa shape index (κ1) is 17.9. The Balaban J connectivity index is 1.80. The van der Waals surface area contributed by atoms with Crippen LogP contribution in [-0.2, 0) is 19.3 Å². The Hall–Kier alpha value is -2.45. The third kappa shape index (κ3) is 3.42. The fourth-order valence-corrected chi connectivity index (χ4v) is 4.95. The van der Waals surface area contributed by atoms with E-state index in [0.717, 1.165) is 32.2 Å². The van der Waals surface area contributed by atoms with Gasteiger partial charge in [0.25, 0.3) is 5.56 Å². The molecule has 0 aliphatic carbocycles. The number of nitrogens with zero attached hydrogens (tertiary/aromatic N) is 5. The van der Waals surface area contributed by atoms with Crippen molar-refractivity contribution in [1.82, 2.24) is 24.1 Å². The van der Waals surface area contributed by atoms with Crippen molar-refractivity contribution in [2.45, 2.75) is 31.3 Å². The summed E-state index contributed by atoms with van der Waals surface area (Å²) in [7, 11) is 1.96. The molecule has 0 amide bonds. The number of rotatable bonds is 5. The Morgan fingerprint density at radius 1 is 1.19 bits per heavy atom. The molecule has 27 heavy (non-hydrogen) atoms. The second-order valence-electron chi connectivity index (χ2n) is 6.31. The number of aromatic nitrogens is 5. The number of aryl methyl sites for hydroxylation is 3. The molecule has 0 N–H and O–H groups in total. The van der Waals surface area contributed by atoms with Crippen LogP contribution in [0.5, 0.6) is 0 Å². The first-order valence-corrected chi connectivity index (χ1v) is 10.3. The largest absolute Gasteiger partial charge is 0.337 e. The van der Waals surface area contributed by atoms with E-state index in [4.69, 9.17) is 4.98 Å². The first-order chi connectivity index (χ1) is 13.0. The summed E-state index contributed by atoms with van der Waals surface area (Å²) in [6.07, 6.45) is 5.44. The molecule has 0 unspecified atom stereocenters. The molecule has 138 valence electrons. The number of hydrogen-bond acceptors (Lipinski definition) is 6. The average Bonchev–Trinajstić information content (AvgIpc) is 3.20. The minimum absolute atomic E-state index is 0.00477. The van der Waals surface area contributed by atoms with Crippen LogP contribution in [-0.4, -0.2) is 24.1 Å². The van der Waals surface area contributed by atoms with Crippen molar-refractivity contribution in [3.05, 3.63) is 69.1 Å². The summed E-state index contributed by atoms with van der Waals surface area (Å²) in [5.41, 5.74) is 1.85. The van der Waals surface area contributed by atoms with Gasteiger partial charge in [0.1, 0.15) is 10.7 Å². The molecule has 4 rings (SSSR count). The van der Waals surface area contributed by atoms with Crippen LogP contribution in [0.2, 0.25) is 0 Å². The van der Waals surface area contributed by atoms with E-state index < -0.39 is 0 Å². The lowest BCUT2D eigenvalue weighted by Crippen LogP contribution is -2.24. The highest BCUT2D eigenvalue weighted by Gasteiger charge is 2.18. The molecule has 8 heteroatoms. The van der Waals surface area contributed by atoms with Gasteiger partial charge in [-0.25, -0.2) is 9.97 Å². The van der Waals surface area contributed by atoms with Crippen LogP contribution in [0.15, 0.2) is 46.7 Å². The summed E-state index contributed by atoms with van der Waals surface area (Å²) in [6, 6.07) is 5.73. The van der Waals surface area contributed by atoms with Crippen LogP contribution in [0.3, 0.4) is 0 Å². The molecule has 0 aromatic carbocycles. The first-order valence-electron chi connectivity index (χ1n) is 8.54. The number of fused-ring (bicyclic) bond motifs is 1. The number of imidazole rings is 1. The van der Waals surface area contributed by atoms with Gasteiger partial charge in [0.05, 0.1) is 23.4 Å². The lowest BCUT2D eigenvalue weighted by molar-refractivity contribution is 0.647. The van der Waals surface area contributed by atoms with Crippen LogP contribution < -0.4 is 5.56 Å². The van der Waals surface area contributed by atoms with Crippen LogP contribution in [0.1, 0.15) is 22.0 Å². The quantitative estimate of drug-likeness (QED) is 0.381.